The summed E-state index contributed by atoms with van der Waals surface area (Å²) in [7, 11) is 1.66. The van der Waals surface area contributed by atoms with Crippen LogP contribution in [0.15, 0.2) is 28.8 Å². The molecule has 6 heteroatoms. The van der Waals surface area contributed by atoms with Gasteiger partial charge in [-0.1, -0.05) is 30.1 Å². The van der Waals surface area contributed by atoms with Crippen molar-refractivity contribution in [3.8, 4) is 5.75 Å². The number of hydrogen-bond donors (Lipinski definition) is 1. The molecule has 2 aromatic rings. The molecule has 26 heavy (non-hydrogen) atoms. The summed E-state index contributed by atoms with van der Waals surface area (Å²) in [4.78, 5) is 14.9. The normalized spacial score (nSPS) is 17.7. The molecule has 3 rings (SSSR count). The summed E-state index contributed by atoms with van der Waals surface area (Å²) in [5.74, 6) is 1.59. The molecule has 0 aliphatic carbocycles. The lowest BCUT2D eigenvalue weighted by molar-refractivity contribution is 0.175. The number of aromatic nitrogens is 1. The third kappa shape index (κ3) is 4.00. The molecule has 0 bridgehead atoms. The molecule has 0 saturated carbocycles. The number of nitrogens with one attached hydrogen (secondary N) is 1. The Kier molecular flexibility index (Phi) is 5.81. The summed E-state index contributed by atoms with van der Waals surface area (Å²) in [5, 5.41) is 7.00. The maximum absolute atomic E-state index is 12.9. The number of carbonyl (C=O) groups is 1. The highest BCUT2D eigenvalue weighted by Gasteiger charge is 2.27. The Morgan fingerprint density at radius 3 is 2.69 bits per heavy atom. The van der Waals surface area contributed by atoms with E-state index in [2.05, 4.69) is 22.6 Å². The van der Waals surface area contributed by atoms with Crippen LogP contribution in [-0.2, 0) is 6.54 Å². The van der Waals surface area contributed by atoms with Gasteiger partial charge in [0.1, 0.15) is 11.5 Å². The van der Waals surface area contributed by atoms with Crippen molar-refractivity contribution in [2.75, 3.05) is 13.7 Å². The Hall–Kier alpha value is -2.50. The molecule has 0 spiro atoms. The number of benzene rings is 1. The Labute approximate surface area is 154 Å². The summed E-state index contributed by atoms with van der Waals surface area (Å²) in [6.07, 6.45) is 4.29. The van der Waals surface area contributed by atoms with Gasteiger partial charge in [-0.3, -0.25) is 0 Å². The fourth-order valence-electron chi connectivity index (χ4n) is 3.54. The molecule has 1 N–H and O–H groups in total. The summed E-state index contributed by atoms with van der Waals surface area (Å²) < 4.78 is 10.4. The molecule has 0 radical (unpaired) electrons. The van der Waals surface area contributed by atoms with Gasteiger partial charge >= 0.3 is 6.03 Å². The molecule has 1 fully saturated rings. The minimum Gasteiger partial charge on any atom is -0.497 e. The number of likely N-dealkylation sites (tertiary alicyclic amines) is 1. The molecule has 0 unspecified atom stereocenters. The van der Waals surface area contributed by atoms with Crippen molar-refractivity contribution in [2.45, 2.75) is 52.1 Å². The van der Waals surface area contributed by atoms with Crippen molar-refractivity contribution < 1.29 is 14.1 Å². The smallest absolute Gasteiger partial charge is 0.318 e. The van der Waals surface area contributed by atoms with Crippen molar-refractivity contribution in [2.24, 2.45) is 0 Å². The van der Waals surface area contributed by atoms with E-state index in [0.717, 1.165) is 60.6 Å². The van der Waals surface area contributed by atoms with Gasteiger partial charge in [0.2, 0.25) is 0 Å². The minimum absolute atomic E-state index is 0.0345. The lowest BCUT2D eigenvalue weighted by Gasteiger charge is -2.30. The Morgan fingerprint density at radius 2 is 2.04 bits per heavy atom. The lowest BCUT2D eigenvalue weighted by atomic mass is 10.0. The fourth-order valence-corrected chi connectivity index (χ4v) is 3.54. The number of carbonyl (C=O) groups excluding carboxylic acids is 1. The van der Waals surface area contributed by atoms with E-state index in [9.17, 15) is 4.79 Å². The SMILES string of the molecule is COc1ccc([C@@H]2CCCCCN2C(=O)NCc2c(C)noc2C)cc1. The first kappa shape index (κ1) is 18.3. The van der Waals surface area contributed by atoms with Crippen LogP contribution in [0.3, 0.4) is 0 Å². The average molecular weight is 357 g/mol. The molecule has 2 heterocycles. The number of ether oxygens (including phenoxy) is 1. The van der Waals surface area contributed by atoms with Gasteiger partial charge in [-0.2, -0.15) is 0 Å². The van der Waals surface area contributed by atoms with Gasteiger partial charge in [0.05, 0.1) is 18.8 Å². The highest BCUT2D eigenvalue weighted by molar-refractivity contribution is 5.75. The topological polar surface area (TPSA) is 67.6 Å². The van der Waals surface area contributed by atoms with Crippen LogP contribution in [0.1, 0.15) is 54.3 Å². The van der Waals surface area contributed by atoms with E-state index in [4.69, 9.17) is 9.26 Å². The van der Waals surface area contributed by atoms with E-state index in [-0.39, 0.29) is 12.1 Å². The van der Waals surface area contributed by atoms with Crippen LogP contribution in [0.2, 0.25) is 0 Å². The summed E-state index contributed by atoms with van der Waals surface area (Å²) in [6.45, 7) is 4.97. The van der Waals surface area contributed by atoms with E-state index >= 15 is 0 Å². The zero-order valence-corrected chi connectivity index (χ0v) is 15.7. The number of aryl methyl sites for hydroxylation is 2. The Bertz CT molecular complexity index is 720. The van der Waals surface area contributed by atoms with Gasteiger partial charge in [-0.05, 0) is 44.4 Å². The standard InChI is InChI=1S/C20H27N3O3/c1-14-18(15(2)26-22-14)13-21-20(24)23-12-6-4-5-7-19(23)16-8-10-17(25-3)11-9-16/h8-11,19H,4-7,12-13H2,1-3H3,(H,21,24)/t19-/m0/s1. The highest BCUT2D eigenvalue weighted by atomic mass is 16.5. The van der Waals surface area contributed by atoms with Crippen LogP contribution in [0.25, 0.3) is 0 Å². The number of amides is 2. The highest BCUT2D eigenvalue weighted by Crippen LogP contribution is 2.31. The number of hydrogen-bond acceptors (Lipinski definition) is 4. The maximum atomic E-state index is 12.9. The number of methoxy groups -OCH3 is 1. The minimum atomic E-state index is -0.0345. The van der Waals surface area contributed by atoms with Crippen LogP contribution in [-0.4, -0.2) is 29.7 Å². The monoisotopic (exact) mass is 357 g/mol. The van der Waals surface area contributed by atoms with Crippen molar-refractivity contribution >= 4 is 6.03 Å². The van der Waals surface area contributed by atoms with Crippen LogP contribution < -0.4 is 10.1 Å². The maximum Gasteiger partial charge on any atom is 0.318 e. The summed E-state index contributed by atoms with van der Waals surface area (Å²) in [6, 6.07) is 8.09. The molecule has 1 aromatic heterocycles. The predicted molar refractivity (Wildman–Crippen MR) is 99.1 cm³/mol. The molecular formula is C20H27N3O3. The largest absolute Gasteiger partial charge is 0.497 e. The lowest BCUT2D eigenvalue weighted by Crippen LogP contribution is -2.42. The van der Waals surface area contributed by atoms with Gasteiger partial charge < -0.3 is 19.5 Å². The summed E-state index contributed by atoms with van der Waals surface area (Å²) >= 11 is 0. The van der Waals surface area contributed by atoms with Crippen LogP contribution in [0.5, 0.6) is 5.75 Å². The van der Waals surface area contributed by atoms with Crippen LogP contribution in [0.4, 0.5) is 4.79 Å². The first-order chi connectivity index (χ1) is 12.6. The first-order valence-corrected chi connectivity index (χ1v) is 9.20. The molecule has 1 atom stereocenters. The number of rotatable bonds is 4. The number of urea groups is 1. The fraction of sp³-hybridized carbons (Fsp3) is 0.500. The Morgan fingerprint density at radius 1 is 1.27 bits per heavy atom. The number of nitrogens with zero attached hydrogens (tertiary/aromatic N) is 2. The molecule has 140 valence electrons. The quantitative estimate of drug-likeness (QED) is 0.893. The van der Waals surface area contributed by atoms with Crippen molar-refractivity contribution in [1.82, 2.24) is 15.4 Å². The van der Waals surface area contributed by atoms with E-state index in [1.165, 1.54) is 0 Å². The van der Waals surface area contributed by atoms with Gasteiger partial charge in [-0.25, -0.2) is 4.79 Å². The summed E-state index contributed by atoms with van der Waals surface area (Å²) in [5.41, 5.74) is 2.93. The molecule has 6 nitrogen and oxygen atoms in total. The molecule has 1 saturated heterocycles. The van der Waals surface area contributed by atoms with Crippen molar-refractivity contribution in [1.29, 1.82) is 0 Å². The second-order valence-electron chi connectivity index (χ2n) is 6.79. The van der Waals surface area contributed by atoms with Gasteiger partial charge in [0.15, 0.2) is 0 Å². The molecule has 1 aliphatic rings. The van der Waals surface area contributed by atoms with E-state index in [0.29, 0.717) is 6.54 Å². The van der Waals surface area contributed by atoms with Crippen molar-refractivity contribution in [3.63, 3.8) is 0 Å². The average Bonchev–Trinajstić information content (AvgIpc) is 2.86. The van der Waals surface area contributed by atoms with Gasteiger partial charge in [0.25, 0.3) is 0 Å². The molecular weight excluding hydrogens is 330 g/mol. The second kappa shape index (κ2) is 8.25. The van der Waals surface area contributed by atoms with Crippen molar-refractivity contribution in [3.05, 3.63) is 46.8 Å². The van der Waals surface area contributed by atoms with Gasteiger partial charge in [0, 0.05) is 18.7 Å². The van der Waals surface area contributed by atoms with E-state index < -0.39 is 0 Å². The third-order valence-electron chi connectivity index (χ3n) is 5.11. The van der Waals surface area contributed by atoms with Gasteiger partial charge in [-0.15, -0.1) is 0 Å². The van der Waals surface area contributed by atoms with E-state index in [1.54, 1.807) is 7.11 Å². The Balaban J connectivity index is 1.74. The molecule has 1 aliphatic heterocycles. The predicted octanol–water partition coefficient (Wildman–Crippen LogP) is 4.13. The zero-order valence-electron chi connectivity index (χ0n) is 15.7. The zero-order chi connectivity index (χ0) is 18.5. The van der Waals surface area contributed by atoms with Crippen LogP contribution >= 0.6 is 0 Å². The molecule has 2 amide bonds. The first-order valence-electron chi connectivity index (χ1n) is 9.20. The molecule has 1 aromatic carbocycles. The second-order valence-corrected chi connectivity index (χ2v) is 6.79. The third-order valence-corrected chi connectivity index (χ3v) is 5.11. The van der Waals surface area contributed by atoms with Crippen LogP contribution in [0, 0.1) is 13.8 Å². The van der Waals surface area contributed by atoms with E-state index in [1.807, 2.05) is 30.9 Å².